The maximum atomic E-state index is 14.2. The molecule has 1 unspecified atom stereocenters. The van der Waals surface area contributed by atoms with E-state index in [9.17, 15) is 13.2 Å². The van der Waals surface area contributed by atoms with Crippen molar-refractivity contribution in [3.63, 3.8) is 0 Å². The van der Waals surface area contributed by atoms with Crippen LogP contribution in [0.1, 0.15) is 87.8 Å². The van der Waals surface area contributed by atoms with Crippen LogP contribution < -0.4 is 0 Å². The molecule has 2 aromatic rings. The fourth-order valence-electron chi connectivity index (χ4n) is 5.87. The second-order valence-electron chi connectivity index (χ2n) is 10.5. The number of sulfone groups is 1. The molecular weight excluding hydrogens is 472 g/mol. The van der Waals surface area contributed by atoms with Crippen LogP contribution in [-0.4, -0.2) is 25.2 Å². The number of ketones is 1. The number of benzene rings is 2. The highest BCUT2D eigenvalue weighted by molar-refractivity contribution is 7.99. The van der Waals surface area contributed by atoms with Crippen molar-refractivity contribution in [2.45, 2.75) is 107 Å². The Morgan fingerprint density at radius 1 is 0.914 bits per heavy atom. The summed E-state index contributed by atoms with van der Waals surface area (Å²) in [4.78, 5) is 14.8. The lowest BCUT2D eigenvalue weighted by atomic mass is 9.82. The summed E-state index contributed by atoms with van der Waals surface area (Å²) in [6, 6.07) is 14.0. The molecule has 0 N–H and O–H groups in total. The third-order valence-electron chi connectivity index (χ3n) is 7.47. The molecule has 0 aromatic heterocycles. The minimum Gasteiger partial charge on any atom is -0.298 e. The third-order valence-corrected chi connectivity index (χ3v) is 11.4. The van der Waals surface area contributed by atoms with Gasteiger partial charge in [-0.15, -0.1) is 11.8 Å². The average Bonchev–Trinajstić information content (AvgIpc) is 3.14. The van der Waals surface area contributed by atoms with Gasteiger partial charge in [-0.1, -0.05) is 87.8 Å². The van der Waals surface area contributed by atoms with E-state index in [1.807, 2.05) is 51.1 Å². The molecule has 0 aliphatic heterocycles. The van der Waals surface area contributed by atoms with Crippen molar-refractivity contribution in [3.05, 3.63) is 59.2 Å². The normalized spacial score (nSPS) is 20.5. The predicted octanol–water partition coefficient (Wildman–Crippen LogP) is 8.04. The molecule has 0 spiro atoms. The Labute approximate surface area is 217 Å². The Morgan fingerprint density at radius 3 is 2.14 bits per heavy atom. The Hall–Kier alpha value is -1.59. The number of rotatable bonds is 13. The Kier molecular flexibility index (Phi) is 10.1. The highest BCUT2D eigenvalue weighted by atomic mass is 32.2. The fraction of sp³-hybridized carbons (Fsp3) is 0.567. The van der Waals surface area contributed by atoms with Crippen molar-refractivity contribution < 1.29 is 13.2 Å². The lowest BCUT2D eigenvalue weighted by Crippen LogP contribution is -2.43. The SMILES string of the molecule is CCCCCCCCC[C@@]1(CSc2ccccc2)CCC(=O)C1S(=O)(=O)c1c(C)cc(C)cc1C. The van der Waals surface area contributed by atoms with Crippen LogP contribution in [0.3, 0.4) is 0 Å². The molecular formula is C30H42O3S2. The summed E-state index contributed by atoms with van der Waals surface area (Å²) in [5.74, 6) is 0.563. The Morgan fingerprint density at radius 2 is 1.51 bits per heavy atom. The summed E-state index contributed by atoms with van der Waals surface area (Å²) in [5, 5.41) is -0.952. The van der Waals surface area contributed by atoms with Crippen LogP contribution in [0.5, 0.6) is 0 Å². The van der Waals surface area contributed by atoms with E-state index in [4.69, 9.17) is 0 Å². The van der Waals surface area contributed by atoms with E-state index in [1.54, 1.807) is 11.8 Å². The molecule has 0 amide bonds. The lowest BCUT2D eigenvalue weighted by Gasteiger charge is -2.35. The lowest BCUT2D eigenvalue weighted by molar-refractivity contribution is -0.117. The highest BCUT2D eigenvalue weighted by Gasteiger charge is 2.55. The van der Waals surface area contributed by atoms with Crippen molar-refractivity contribution in [2.75, 3.05) is 5.75 Å². The number of Topliss-reactive ketones (excluding diaryl/α,β-unsaturated/α-hetero) is 1. The van der Waals surface area contributed by atoms with Gasteiger partial charge in [0.15, 0.2) is 15.6 Å². The molecule has 1 fully saturated rings. The molecule has 2 aromatic carbocycles. The number of carbonyl (C=O) groups excluding carboxylic acids is 1. The molecule has 0 radical (unpaired) electrons. The summed E-state index contributed by atoms with van der Waals surface area (Å²) in [6.07, 6.45) is 10.1. The van der Waals surface area contributed by atoms with Gasteiger partial charge >= 0.3 is 0 Å². The van der Waals surface area contributed by atoms with Crippen molar-refractivity contribution >= 4 is 27.4 Å². The maximum absolute atomic E-state index is 14.2. The first-order valence-electron chi connectivity index (χ1n) is 13.2. The minimum atomic E-state index is -3.80. The molecule has 0 heterocycles. The summed E-state index contributed by atoms with van der Waals surface area (Å²) >= 11 is 1.70. The van der Waals surface area contributed by atoms with Crippen molar-refractivity contribution in [3.8, 4) is 0 Å². The van der Waals surface area contributed by atoms with E-state index in [0.29, 0.717) is 23.5 Å². The molecule has 3 nitrogen and oxygen atoms in total. The van der Waals surface area contributed by atoms with Gasteiger partial charge in [0.2, 0.25) is 0 Å². The molecule has 5 heteroatoms. The zero-order chi connectivity index (χ0) is 25.5. The zero-order valence-electron chi connectivity index (χ0n) is 21.9. The molecule has 3 rings (SSSR count). The maximum Gasteiger partial charge on any atom is 0.189 e. The average molecular weight is 515 g/mol. The predicted molar refractivity (Wildman–Crippen MR) is 148 cm³/mol. The minimum absolute atomic E-state index is 0.0963. The summed E-state index contributed by atoms with van der Waals surface area (Å²) in [7, 11) is -3.80. The van der Waals surface area contributed by atoms with Gasteiger partial charge in [0.25, 0.3) is 0 Å². The van der Waals surface area contributed by atoms with Crippen LogP contribution in [0.4, 0.5) is 0 Å². The molecule has 35 heavy (non-hydrogen) atoms. The first-order valence-corrected chi connectivity index (χ1v) is 15.8. The van der Waals surface area contributed by atoms with E-state index < -0.39 is 20.5 Å². The van der Waals surface area contributed by atoms with Crippen LogP contribution in [0.25, 0.3) is 0 Å². The smallest absolute Gasteiger partial charge is 0.189 e. The largest absolute Gasteiger partial charge is 0.298 e. The molecule has 1 saturated carbocycles. The number of aryl methyl sites for hydroxylation is 3. The first kappa shape index (κ1) is 28.0. The molecule has 2 atom stereocenters. The Balaban J connectivity index is 1.90. The van der Waals surface area contributed by atoms with Crippen LogP contribution >= 0.6 is 11.8 Å². The number of thioether (sulfide) groups is 1. The zero-order valence-corrected chi connectivity index (χ0v) is 23.6. The van der Waals surface area contributed by atoms with E-state index in [1.165, 1.54) is 32.1 Å². The van der Waals surface area contributed by atoms with Crippen LogP contribution in [0.2, 0.25) is 0 Å². The number of carbonyl (C=O) groups is 1. The van der Waals surface area contributed by atoms with Gasteiger partial charge in [0.05, 0.1) is 4.90 Å². The van der Waals surface area contributed by atoms with Crippen molar-refractivity contribution in [1.29, 1.82) is 0 Å². The van der Waals surface area contributed by atoms with Crippen LogP contribution in [0.15, 0.2) is 52.3 Å². The van der Waals surface area contributed by atoms with Crippen molar-refractivity contribution in [2.24, 2.45) is 5.41 Å². The molecule has 1 aliphatic carbocycles. The fourth-order valence-corrected chi connectivity index (χ4v) is 9.92. The molecule has 1 aliphatic rings. The van der Waals surface area contributed by atoms with E-state index in [2.05, 4.69) is 19.1 Å². The summed E-state index contributed by atoms with van der Waals surface area (Å²) < 4.78 is 28.4. The van der Waals surface area contributed by atoms with Gasteiger partial charge in [-0.3, -0.25) is 4.79 Å². The summed E-state index contributed by atoms with van der Waals surface area (Å²) in [5.41, 5.74) is 2.03. The van der Waals surface area contributed by atoms with Gasteiger partial charge in [-0.2, -0.15) is 0 Å². The van der Waals surface area contributed by atoms with Gasteiger partial charge in [0, 0.05) is 22.5 Å². The summed E-state index contributed by atoms with van der Waals surface area (Å²) in [6.45, 7) is 7.94. The standard InChI is InChI=1S/C30H42O3S2/c1-5-6-7-8-9-10-14-18-30(22-34-26-15-12-11-13-16-26)19-17-27(31)29(30)35(32,33)28-24(3)20-23(2)21-25(28)4/h11-13,15-16,20-21,29H,5-10,14,17-19,22H2,1-4H3/t29?,30-/m0/s1. The van der Waals surface area contributed by atoms with E-state index >= 15 is 0 Å². The van der Waals surface area contributed by atoms with Gasteiger partial charge < -0.3 is 0 Å². The topological polar surface area (TPSA) is 51.2 Å². The van der Waals surface area contributed by atoms with Crippen LogP contribution in [-0.2, 0) is 14.6 Å². The van der Waals surface area contributed by atoms with E-state index in [0.717, 1.165) is 40.8 Å². The van der Waals surface area contributed by atoms with Crippen molar-refractivity contribution in [1.82, 2.24) is 0 Å². The number of hydrogen-bond donors (Lipinski definition) is 0. The third kappa shape index (κ3) is 6.80. The van der Waals surface area contributed by atoms with Gasteiger partial charge in [-0.25, -0.2) is 8.42 Å². The van der Waals surface area contributed by atoms with Gasteiger partial charge in [-0.05, 0) is 56.9 Å². The second kappa shape index (κ2) is 12.6. The second-order valence-corrected chi connectivity index (χ2v) is 13.5. The number of unbranched alkanes of at least 4 members (excludes halogenated alkanes) is 6. The monoisotopic (exact) mass is 514 g/mol. The molecule has 0 bridgehead atoms. The molecule has 0 saturated heterocycles. The van der Waals surface area contributed by atoms with Crippen LogP contribution in [0, 0.1) is 26.2 Å². The number of hydrogen-bond acceptors (Lipinski definition) is 4. The molecule has 192 valence electrons. The van der Waals surface area contributed by atoms with E-state index in [-0.39, 0.29) is 5.78 Å². The quantitative estimate of drug-likeness (QED) is 0.200. The Bertz CT molecular complexity index is 1070. The highest BCUT2D eigenvalue weighted by Crippen LogP contribution is 2.49. The first-order chi connectivity index (χ1) is 16.7. The van der Waals surface area contributed by atoms with Gasteiger partial charge in [0.1, 0.15) is 5.25 Å².